The van der Waals surface area contributed by atoms with E-state index in [2.05, 4.69) is 0 Å². The number of hydrogen-bond acceptors (Lipinski definition) is 3. The van der Waals surface area contributed by atoms with Gasteiger partial charge in [0.1, 0.15) is 0 Å². The number of methoxy groups -OCH3 is 1. The van der Waals surface area contributed by atoms with Gasteiger partial charge in [0.05, 0.1) is 13.7 Å². The molecule has 0 amide bonds. The summed E-state index contributed by atoms with van der Waals surface area (Å²) in [4.78, 5) is 10.7. The molecule has 0 radical (unpaired) electrons. The Labute approximate surface area is 129 Å². The predicted octanol–water partition coefficient (Wildman–Crippen LogP) is 3.41. The largest absolute Gasteiger partial charge is 0.493 e. The predicted molar refractivity (Wildman–Crippen MR) is 85.3 cm³/mol. The van der Waals surface area contributed by atoms with E-state index in [1.54, 1.807) is 25.3 Å². The minimum atomic E-state index is -1.00. The first-order valence-corrected chi connectivity index (χ1v) is 6.95. The maximum absolute atomic E-state index is 10.7. The third-order valence-electron chi connectivity index (χ3n) is 3.11. The molecule has 0 saturated carbocycles. The van der Waals surface area contributed by atoms with Crippen LogP contribution in [0.25, 0.3) is 6.08 Å². The van der Waals surface area contributed by atoms with Gasteiger partial charge in [-0.3, -0.25) is 0 Å². The van der Waals surface area contributed by atoms with Crippen molar-refractivity contribution in [1.82, 2.24) is 0 Å². The third-order valence-corrected chi connectivity index (χ3v) is 3.11. The highest BCUT2D eigenvalue weighted by atomic mass is 16.5. The van der Waals surface area contributed by atoms with Crippen LogP contribution >= 0.6 is 0 Å². The second-order valence-electron chi connectivity index (χ2n) is 4.63. The fourth-order valence-electron chi connectivity index (χ4n) is 2.06. The Balaban J connectivity index is 2.12. The molecule has 0 heterocycles. The minimum absolute atomic E-state index is 0.484. The van der Waals surface area contributed by atoms with Crippen molar-refractivity contribution in [3.8, 4) is 11.5 Å². The molecule has 1 N–H and O–H groups in total. The fraction of sp³-hybridized carbons (Fsp3) is 0.167. The molecule has 0 bridgehead atoms. The molecule has 0 spiro atoms. The number of carbonyl (C=O) groups is 1. The average molecular weight is 298 g/mol. The number of ether oxygens (including phenoxy) is 2. The topological polar surface area (TPSA) is 55.8 Å². The number of para-hydroxylation sites is 1. The van der Waals surface area contributed by atoms with E-state index in [-0.39, 0.29) is 0 Å². The van der Waals surface area contributed by atoms with Gasteiger partial charge in [0.15, 0.2) is 11.5 Å². The molecule has 0 aliphatic rings. The number of aliphatic carboxylic acids is 1. The van der Waals surface area contributed by atoms with Crippen molar-refractivity contribution in [2.45, 2.75) is 6.42 Å². The second kappa shape index (κ2) is 7.88. The summed E-state index contributed by atoms with van der Waals surface area (Å²) in [6.45, 7) is 0.484. The average Bonchev–Trinajstić information content (AvgIpc) is 2.54. The van der Waals surface area contributed by atoms with Crippen molar-refractivity contribution < 1.29 is 19.4 Å². The number of carboxylic acids is 1. The van der Waals surface area contributed by atoms with Crippen LogP contribution in [0, 0.1) is 0 Å². The first-order chi connectivity index (χ1) is 10.7. The number of benzene rings is 2. The SMILES string of the molecule is COc1cccc(/C=C/C(=O)O)c1OCCc1ccccc1. The summed E-state index contributed by atoms with van der Waals surface area (Å²) in [5, 5.41) is 8.76. The Kier molecular flexibility index (Phi) is 5.60. The molecular weight excluding hydrogens is 280 g/mol. The lowest BCUT2D eigenvalue weighted by Gasteiger charge is -2.13. The summed E-state index contributed by atoms with van der Waals surface area (Å²) in [5.74, 6) is 0.136. The van der Waals surface area contributed by atoms with Crippen LogP contribution in [-0.2, 0) is 11.2 Å². The zero-order valence-electron chi connectivity index (χ0n) is 12.4. The zero-order valence-corrected chi connectivity index (χ0v) is 12.4. The summed E-state index contributed by atoms with van der Waals surface area (Å²) in [6, 6.07) is 15.4. The molecule has 2 aromatic carbocycles. The van der Waals surface area contributed by atoms with Crippen LogP contribution in [0.1, 0.15) is 11.1 Å². The van der Waals surface area contributed by atoms with Crippen LogP contribution < -0.4 is 9.47 Å². The third kappa shape index (κ3) is 4.38. The molecular formula is C18H18O4. The van der Waals surface area contributed by atoms with E-state index in [0.29, 0.717) is 23.7 Å². The standard InChI is InChI=1S/C18H18O4/c1-21-16-9-5-8-15(10-11-17(19)20)18(16)22-13-12-14-6-3-2-4-7-14/h2-11H,12-13H2,1H3,(H,19,20)/b11-10+. The molecule has 0 unspecified atom stereocenters. The molecule has 2 aromatic rings. The van der Waals surface area contributed by atoms with Gasteiger partial charge in [0.2, 0.25) is 0 Å². The Morgan fingerprint density at radius 3 is 2.59 bits per heavy atom. The van der Waals surface area contributed by atoms with Gasteiger partial charge in [-0.15, -0.1) is 0 Å². The van der Waals surface area contributed by atoms with Crippen molar-refractivity contribution in [2.24, 2.45) is 0 Å². The smallest absolute Gasteiger partial charge is 0.328 e. The van der Waals surface area contributed by atoms with E-state index in [0.717, 1.165) is 12.5 Å². The van der Waals surface area contributed by atoms with Gasteiger partial charge in [-0.1, -0.05) is 42.5 Å². The molecule has 4 heteroatoms. The Morgan fingerprint density at radius 1 is 1.14 bits per heavy atom. The lowest BCUT2D eigenvalue weighted by Crippen LogP contribution is -2.04. The first kappa shape index (κ1) is 15.6. The normalized spacial score (nSPS) is 10.6. The van der Waals surface area contributed by atoms with E-state index < -0.39 is 5.97 Å². The molecule has 4 nitrogen and oxygen atoms in total. The molecule has 2 rings (SSSR count). The van der Waals surface area contributed by atoms with Crippen molar-refractivity contribution in [3.05, 3.63) is 65.7 Å². The van der Waals surface area contributed by atoms with Crippen LogP contribution in [-0.4, -0.2) is 24.8 Å². The van der Waals surface area contributed by atoms with Gasteiger partial charge in [0, 0.05) is 18.1 Å². The van der Waals surface area contributed by atoms with Crippen molar-refractivity contribution in [3.63, 3.8) is 0 Å². The molecule has 0 aliphatic carbocycles. The van der Waals surface area contributed by atoms with Gasteiger partial charge in [0.25, 0.3) is 0 Å². The van der Waals surface area contributed by atoms with Crippen LogP contribution in [0.3, 0.4) is 0 Å². The van der Waals surface area contributed by atoms with Gasteiger partial charge >= 0.3 is 5.97 Å². The van der Waals surface area contributed by atoms with E-state index in [1.165, 1.54) is 11.6 Å². The quantitative estimate of drug-likeness (QED) is 0.796. The van der Waals surface area contributed by atoms with E-state index >= 15 is 0 Å². The maximum atomic E-state index is 10.7. The van der Waals surface area contributed by atoms with E-state index in [4.69, 9.17) is 14.6 Å². The van der Waals surface area contributed by atoms with Crippen molar-refractivity contribution in [2.75, 3.05) is 13.7 Å². The number of rotatable bonds is 7. The molecule has 0 saturated heterocycles. The van der Waals surface area contributed by atoms with Crippen LogP contribution in [0.5, 0.6) is 11.5 Å². The summed E-state index contributed by atoms with van der Waals surface area (Å²) in [7, 11) is 1.56. The second-order valence-corrected chi connectivity index (χ2v) is 4.63. The number of hydrogen-bond donors (Lipinski definition) is 1. The number of carboxylic acid groups (broad SMARTS) is 1. The summed E-state index contributed by atoms with van der Waals surface area (Å²) < 4.78 is 11.1. The maximum Gasteiger partial charge on any atom is 0.328 e. The summed E-state index contributed by atoms with van der Waals surface area (Å²) in [6.07, 6.45) is 3.35. The van der Waals surface area contributed by atoms with Crippen LogP contribution in [0.2, 0.25) is 0 Å². The Bertz CT molecular complexity index is 647. The molecule has 0 atom stereocenters. The van der Waals surface area contributed by atoms with E-state index in [1.807, 2.05) is 30.3 Å². The highest BCUT2D eigenvalue weighted by molar-refractivity contribution is 5.86. The lowest BCUT2D eigenvalue weighted by molar-refractivity contribution is -0.131. The Hall–Kier alpha value is -2.75. The highest BCUT2D eigenvalue weighted by Gasteiger charge is 2.09. The molecule has 22 heavy (non-hydrogen) atoms. The molecule has 114 valence electrons. The summed E-state index contributed by atoms with van der Waals surface area (Å²) >= 11 is 0. The van der Waals surface area contributed by atoms with E-state index in [9.17, 15) is 4.79 Å². The van der Waals surface area contributed by atoms with Crippen molar-refractivity contribution in [1.29, 1.82) is 0 Å². The first-order valence-electron chi connectivity index (χ1n) is 6.95. The van der Waals surface area contributed by atoms with Crippen molar-refractivity contribution >= 4 is 12.0 Å². The van der Waals surface area contributed by atoms with Crippen LogP contribution in [0.15, 0.2) is 54.6 Å². The molecule has 0 aliphatic heterocycles. The monoisotopic (exact) mass is 298 g/mol. The lowest BCUT2D eigenvalue weighted by atomic mass is 10.1. The minimum Gasteiger partial charge on any atom is -0.493 e. The fourth-order valence-corrected chi connectivity index (χ4v) is 2.06. The van der Waals surface area contributed by atoms with Gasteiger partial charge in [-0.25, -0.2) is 4.79 Å². The summed E-state index contributed by atoms with van der Waals surface area (Å²) in [5.41, 5.74) is 1.86. The Morgan fingerprint density at radius 2 is 1.91 bits per heavy atom. The molecule has 0 aromatic heterocycles. The highest BCUT2D eigenvalue weighted by Crippen LogP contribution is 2.32. The van der Waals surface area contributed by atoms with Gasteiger partial charge < -0.3 is 14.6 Å². The van der Waals surface area contributed by atoms with Crippen LogP contribution in [0.4, 0.5) is 0 Å². The zero-order chi connectivity index (χ0) is 15.8. The van der Waals surface area contributed by atoms with Gasteiger partial charge in [-0.2, -0.15) is 0 Å². The van der Waals surface area contributed by atoms with Gasteiger partial charge in [-0.05, 0) is 17.7 Å². The molecule has 0 fully saturated rings.